The van der Waals surface area contributed by atoms with Crippen molar-refractivity contribution in [3.8, 4) is 0 Å². The van der Waals surface area contributed by atoms with Crippen LogP contribution in [0.3, 0.4) is 0 Å². The van der Waals surface area contributed by atoms with Gasteiger partial charge in [-0.2, -0.15) is 0 Å². The summed E-state index contributed by atoms with van der Waals surface area (Å²) in [5.41, 5.74) is 1.92. The van der Waals surface area contributed by atoms with E-state index in [9.17, 15) is 5.11 Å². The number of hydrogen-bond acceptors (Lipinski definition) is 1. The Balaban J connectivity index is 2.87. The van der Waals surface area contributed by atoms with Gasteiger partial charge in [0.05, 0.1) is 12.3 Å². The SMILES string of the molecule is Cn1c(CO)c(Br)c2cc(Cl)ccc21. The van der Waals surface area contributed by atoms with Gasteiger partial charge in [-0.1, -0.05) is 11.6 Å². The van der Waals surface area contributed by atoms with Gasteiger partial charge in [-0.25, -0.2) is 0 Å². The molecule has 0 radical (unpaired) electrons. The average molecular weight is 275 g/mol. The van der Waals surface area contributed by atoms with Crippen molar-refractivity contribution in [1.82, 2.24) is 4.57 Å². The Morgan fingerprint density at radius 3 is 2.86 bits per heavy atom. The Hall–Kier alpha value is -0.510. The van der Waals surface area contributed by atoms with Crippen LogP contribution in [0.15, 0.2) is 22.7 Å². The molecule has 0 amide bonds. The molecule has 0 fully saturated rings. The van der Waals surface area contributed by atoms with Gasteiger partial charge in [0.2, 0.25) is 0 Å². The number of aliphatic hydroxyl groups excluding tert-OH is 1. The molecule has 1 aromatic carbocycles. The van der Waals surface area contributed by atoms with Crippen molar-refractivity contribution >= 4 is 38.4 Å². The molecule has 1 N–H and O–H groups in total. The topological polar surface area (TPSA) is 25.2 Å². The lowest BCUT2D eigenvalue weighted by Crippen LogP contribution is -1.95. The Bertz CT molecular complexity index is 492. The van der Waals surface area contributed by atoms with Gasteiger partial charge in [0.15, 0.2) is 0 Å². The molecule has 2 rings (SSSR count). The number of hydrogen-bond donors (Lipinski definition) is 1. The molecule has 0 aliphatic rings. The van der Waals surface area contributed by atoms with E-state index in [-0.39, 0.29) is 6.61 Å². The van der Waals surface area contributed by atoms with Crippen LogP contribution in [0.4, 0.5) is 0 Å². The minimum Gasteiger partial charge on any atom is -0.390 e. The van der Waals surface area contributed by atoms with E-state index in [4.69, 9.17) is 11.6 Å². The van der Waals surface area contributed by atoms with Crippen molar-refractivity contribution in [3.63, 3.8) is 0 Å². The summed E-state index contributed by atoms with van der Waals surface area (Å²) in [6.07, 6.45) is 0. The van der Waals surface area contributed by atoms with E-state index in [0.29, 0.717) is 5.02 Å². The maximum absolute atomic E-state index is 9.19. The van der Waals surface area contributed by atoms with Crippen LogP contribution >= 0.6 is 27.5 Å². The zero-order valence-electron chi connectivity index (χ0n) is 7.59. The number of benzene rings is 1. The lowest BCUT2D eigenvalue weighted by Gasteiger charge is -1.99. The standard InChI is InChI=1S/C10H9BrClNO/c1-13-8-3-2-6(12)4-7(8)10(11)9(13)5-14/h2-4,14H,5H2,1H3. The van der Waals surface area contributed by atoms with Crippen LogP contribution < -0.4 is 0 Å². The lowest BCUT2D eigenvalue weighted by atomic mass is 10.2. The Morgan fingerprint density at radius 2 is 2.21 bits per heavy atom. The highest BCUT2D eigenvalue weighted by atomic mass is 79.9. The minimum atomic E-state index is 0.0172. The van der Waals surface area contributed by atoms with Crippen LogP contribution in [0, 0.1) is 0 Å². The van der Waals surface area contributed by atoms with Gasteiger partial charge in [0, 0.05) is 27.4 Å². The van der Waals surface area contributed by atoms with Crippen LogP contribution in [0.5, 0.6) is 0 Å². The fourth-order valence-corrected chi connectivity index (χ4v) is 2.48. The van der Waals surface area contributed by atoms with Gasteiger partial charge < -0.3 is 9.67 Å². The van der Waals surface area contributed by atoms with E-state index >= 15 is 0 Å². The highest BCUT2D eigenvalue weighted by molar-refractivity contribution is 9.10. The van der Waals surface area contributed by atoms with Crippen LogP contribution in [0.25, 0.3) is 10.9 Å². The summed E-state index contributed by atoms with van der Waals surface area (Å²) in [5, 5.41) is 10.9. The summed E-state index contributed by atoms with van der Waals surface area (Å²) >= 11 is 9.36. The van der Waals surface area contributed by atoms with Crippen molar-refractivity contribution in [3.05, 3.63) is 33.4 Å². The number of aryl methyl sites for hydroxylation is 1. The molecule has 0 spiro atoms. The fourth-order valence-electron chi connectivity index (χ4n) is 1.60. The molecule has 1 heterocycles. The van der Waals surface area contributed by atoms with Crippen LogP contribution in [-0.4, -0.2) is 9.67 Å². The third-order valence-corrected chi connectivity index (χ3v) is 3.48. The van der Waals surface area contributed by atoms with E-state index in [1.165, 1.54) is 0 Å². The molecule has 0 aliphatic heterocycles. The number of fused-ring (bicyclic) bond motifs is 1. The molecule has 74 valence electrons. The summed E-state index contributed by atoms with van der Waals surface area (Å²) in [6.45, 7) is 0.0172. The first-order valence-electron chi connectivity index (χ1n) is 4.18. The zero-order chi connectivity index (χ0) is 10.3. The Morgan fingerprint density at radius 1 is 1.50 bits per heavy atom. The first kappa shape index (κ1) is 10.0. The van der Waals surface area contributed by atoms with E-state index in [2.05, 4.69) is 15.9 Å². The number of rotatable bonds is 1. The Kier molecular flexibility index (Phi) is 2.56. The number of halogens is 2. The molecular weight excluding hydrogens is 265 g/mol. The molecule has 0 unspecified atom stereocenters. The summed E-state index contributed by atoms with van der Waals surface area (Å²) in [7, 11) is 1.92. The van der Waals surface area contributed by atoms with Gasteiger partial charge in [-0.3, -0.25) is 0 Å². The predicted molar refractivity (Wildman–Crippen MR) is 61.6 cm³/mol. The molecule has 1 aromatic heterocycles. The van der Waals surface area contributed by atoms with Crippen molar-refractivity contribution in [2.24, 2.45) is 7.05 Å². The number of nitrogens with zero attached hydrogens (tertiary/aromatic N) is 1. The highest BCUT2D eigenvalue weighted by Gasteiger charge is 2.11. The molecule has 2 aromatic rings. The number of aliphatic hydroxyl groups is 1. The van der Waals surface area contributed by atoms with Crippen LogP contribution in [0.1, 0.15) is 5.69 Å². The zero-order valence-corrected chi connectivity index (χ0v) is 9.93. The lowest BCUT2D eigenvalue weighted by molar-refractivity contribution is 0.272. The van der Waals surface area contributed by atoms with Crippen LogP contribution in [0.2, 0.25) is 5.02 Å². The molecule has 14 heavy (non-hydrogen) atoms. The van der Waals surface area contributed by atoms with E-state index in [1.807, 2.05) is 29.8 Å². The smallest absolute Gasteiger partial charge is 0.0844 e. The second-order valence-corrected chi connectivity index (χ2v) is 4.37. The maximum atomic E-state index is 9.19. The quantitative estimate of drug-likeness (QED) is 0.849. The van der Waals surface area contributed by atoms with Gasteiger partial charge >= 0.3 is 0 Å². The molecule has 0 saturated carbocycles. The fraction of sp³-hybridized carbons (Fsp3) is 0.200. The Labute approximate surface area is 95.2 Å². The molecule has 0 saturated heterocycles. The minimum absolute atomic E-state index is 0.0172. The molecule has 0 aliphatic carbocycles. The highest BCUT2D eigenvalue weighted by Crippen LogP contribution is 2.32. The van der Waals surface area contributed by atoms with Crippen molar-refractivity contribution in [2.45, 2.75) is 6.61 Å². The van der Waals surface area contributed by atoms with Crippen molar-refractivity contribution < 1.29 is 5.11 Å². The first-order chi connectivity index (χ1) is 6.65. The third kappa shape index (κ3) is 1.36. The van der Waals surface area contributed by atoms with Crippen LogP contribution in [-0.2, 0) is 13.7 Å². The van der Waals surface area contributed by atoms with Crippen molar-refractivity contribution in [2.75, 3.05) is 0 Å². The molecule has 4 heteroatoms. The number of aromatic nitrogens is 1. The van der Waals surface area contributed by atoms with E-state index < -0.39 is 0 Å². The average Bonchev–Trinajstić information content (AvgIpc) is 2.39. The van der Waals surface area contributed by atoms with Gasteiger partial charge in [0.25, 0.3) is 0 Å². The molecule has 0 bridgehead atoms. The van der Waals surface area contributed by atoms with E-state index in [0.717, 1.165) is 21.1 Å². The van der Waals surface area contributed by atoms with Gasteiger partial charge in [0.1, 0.15) is 0 Å². The second kappa shape index (κ2) is 3.57. The van der Waals surface area contributed by atoms with E-state index in [1.54, 1.807) is 0 Å². The molecule has 0 atom stereocenters. The van der Waals surface area contributed by atoms with Gasteiger partial charge in [-0.05, 0) is 34.1 Å². The normalized spacial score (nSPS) is 11.1. The summed E-state index contributed by atoms with van der Waals surface area (Å²) in [6, 6.07) is 5.68. The molecular formula is C10H9BrClNO. The first-order valence-corrected chi connectivity index (χ1v) is 5.35. The third-order valence-electron chi connectivity index (χ3n) is 2.36. The van der Waals surface area contributed by atoms with Gasteiger partial charge in [-0.15, -0.1) is 0 Å². The summed E-state index contributed by atoms with van der Waals surface area (Å²) < 4.78 is 2.87. The second-order valence-electron chi connectivity index (χ2n) is 3.14. The summed E-state index contributed by atoms with van der Waals surface area (Å²) in [5.74, 6) is 0. The summed E-state index contributed by atoms with van der Waals surface area (Å²) in [4.78, 5) is 0. The predicted octanol–water partition coefficient (Wildman–Crippen LogP) is 3.09. The maximum Gasteiger partial charge on any atom is 0.0844 e. The monoisotopic (exact) mass is 273 g/mol. The van der Waals surface area contributed by atoms with Crippen molar-refractivity contribution in [1.29, 1.82) is 0 Å². The largest absolute Gasteiger partial charge is 0.390 e. The molecule has 2 nitrogen and oxygen atoms in total.